The van der Waals surface area contributed by atoms with Gasteiger partial charge in [-0.25, -0.2) is 0 Å². The number of nitrogens with zero attached hydrogens (tertiary/aromatic N) is 1. The van der Waals surface area contributed by atoms with E-state index in [1.54, 1.807) is 4.90 Å². The molecule has 1 saturated carbocycles. The molecule has 1 aliphatic carbocycles. The Balaban J connectivity index is 1.69. The Morgan fingerprint density at radius 1 is 1.32 bits per heavy atom. The van der Waals surface area contributed by atoms with Gasteiger partial charge >= 0.3 is 0 Å². The highest BCUT2D eigenvalue weighted by Crippen LogP contribution is 2.24. The molecule has 0 aromatic carbocycles. The van der Waals surface area contributed by atoms with Gasteiger partial charge in [-0.3, -0.25) is 9.59 Å². The van der Waals surface area contributed by atoms with Crippen LogP contribution in [0.3, 0.4) is 0 Å². The lowest BCUT2D eigenvalue weighted by molar-refractivity contribution is -0.135. The molecule has 0 radical (unpaired) electrons. The van der Waals surface area contributed by atoms with Gasteiger partial charge in [0.1, 0.15) is 0 Å². The molecular formula is C14H24N2O3. The first-order valence-corrected chi connectivity index (χ1v) is 7.37. The van der Waals surface area contributed by atoms with Crippen molar-refractivity contribution in [3.05, 3.63) is 0 Å². The summed E-state index contributed by atoms with van der Waals surface area (Å²) in [4.78, 5) is 25.3. The number of amides is 2. The topological polar surface area (TPSA) is 69.6 Å². The number of nitrogens with one attached hydrogen (secondary N) is 1. The monoisotopic (exact) mass is 268 g/mol. The van der Waals surface area contributed by atoms with Crippen molar-refractivity contribution in [2.45, 2.75) is 51.0 Å². The first kappa shape index (κ1) is 14.3. The molecule has 0 aromatic heterocycles. The number of hydrogen-bond acceptors (Lipinski definition) is 3. The number of aliphatic hydroxyl groups is 1. The first-order valence-electron chi connectivity index (χ1n) is 7.37. The summed E-state index contributed by atoms with van der Waals surface area (Å²) < 4.78 is 0. The van der Waals surface area contributed by atoms with Crippen molar-refractivity contribution in [2.24, 2.45) is 5.92 Å². The standard InChI is InChI=1S/C14H24N2O3/c17-12-6-5-11(8-12)9-15-13(18)10-16-7-3-1-2-4-14(16)19/h11-12,17H,1-10H2,(H,15,18). The van der Waals surface area contributed by atoms with Crippen LogP contribution in [0.15, 0.2) is 0 Å². The fourth-order valence-electron chi connectivity index (χ4n) is 2.93. The van der Waals surface area contributed by atoms with Crippen LogP contribution in [-0.2, 0) is 9.59 Å². The van der Waals surface area contributed by atoms with Crippen LogP contribution in [0.25, 0.3) is 0 Å². The van der Waals surface area contributed by atoms with E-state index in [1.165, 1.54) is 0 Å². The molecule has 108 valence electrons. The van der Waals surface area contributed by atoms with Crippen molar-refractivity contribution in [3.63, 3.8) is 0 Å². The Kier molecular flexibility index (Phi) is 5.19. The van der Waals surface area contributed by atoms with Gasteiger partial charge in [0.05, 0.1) is 12.6 Å². The Morgan fingerprint density at radius 3 is 2.89 bits per heavy atom. The second-order valence-electron chi connectivity index (χ2n) is 5.76. The molecule has 2 aliphatic rings. The Bertz CT molecular complexity index is 333. The fourth-order valence-corrected chi connectivity index (χ4v) is 2.93. The predicted octanol–water partition coefficient (Wildman–Crippen LogP) is 0.666. The van der Waals surface area contributed by atoms with Crippen LogP contribution < -0.4 is 5.32 Å². The molecule has 2 amide bonds. The van der Waals surface area contributed by atoms with E-state index in [4.69, 9.17) is 0 Å². The van der Waals surface area contributed by atoms with Gasteiger partial charge in [-0.2, -0.15) is 0 Å². The summed E-state index contributed by atoms with van der Waals surface area (Å²) in [6.45, 7) is 1.51. The number of rotatable bonds is 4. The third kappa shape index (κ3) is 4.49. The number of carbonyl (C=O) groups is 2. The van der Waals surface area contributed by atoms with Crippen LogP contribution >= 0.6 is 0 Å². The summed E-state index contributed by atoms with van der Waals surface area (Å²) in [5, 5.41) is 12.3. The largest absolute Gasteiger partial charge is 0.393 e. The average molecular weight is 268 g/mol. The molecule has 2 unspecified atom stereocenters. The smallest absolute Gasteiger partial charge is 0.239 e. The highest BCUT2D eigenvalue weighted by Gasteiger charge is 2.24. The van der Waals surface area contributed by atoms with E-state index in [-0.39, 0.29) is 24.5 Å². The molecule has 5 heteroatoms. The highest BCUT2D eigenvalue weighted by atomic mass is 16.3. The van der Waals surface area contributed by atoms with Crippen molar-refractivity contribution < 1.29 is 14.7 Å². The zero-order valence-corrected chi connectivity index (χ0v) is 11.4. The molecule has 1 heterocycles. The number of aliphatic hydroxyl groups excluding tert-OH is 1. The minimum atomic E-state index is -0.200. The Hall–Kier alpha value is -1.10. The highest BCUT2D eigenvalue weighted by molar-refractivity contribution is 5.84. The van der Waals surface area contributed by atoms with Gasteiger partial charge in [-0.05, 0) is 38.0 Å². The van der Waals surface area contributed by atoms with Crippen LogP contribution in [0.4, 0.5) is 0 Å². The van der Waals surface area contributed by atoms with Gasteiger partial charge in [-0.15, -0.1) is 0 Å². The van der Waals surface area contributed by atoms with Gasteiger partial charge in [0.2, 0.25) is 11.8 Å². The molecule has 1 aliphatic heterocycles. The molecule has 2 fully saturated rings. The van der Waals surface area contributed by atoms with Crippen LogP contribution in [0, 0.1) is 5.92 Å². The summed E-state index contributed by atoms with van der Waals surface area (Å²) in [6, 6.07) is 0. The molecule has 1 saturated heterocycles. The third-order valence-corrected chi connectivity index (χ3v) is 4.11. The van der Waals surface area contributed by atoms with Gasteiger partial charge in [0.15, 0.2) is 0 Å². The molecule has 2 atom stereocenters. The quantitative estimate of drug-likeness (QED) is 0.787. The SMILES string of the molecule is O=C(CN1CCCCCC1=O)NCC1CCC(O)C1. The van der Waals surface area contributed by atoms with Crippen molar-refractivity contribution in [1.82, 2.24) is 10.2 Å². The van der Waals surface area contributed by atoms with Gasteiger partial charge in [0.25, 0.3) is 0 Å². The lowest BCUT2D eigenvalue weighted by atomic mass is 10.1. The normalized spacial score (nSPS) is 28.3. The van der Waals surface area contributed by atoms with E-state index in [9.17, 15) is 14.7 Å². The summed E-state index contributed by atoms with van der Waals surface area (Å²) in [6.07, 6.45) is 5.98. The van der Waals surface area contributed by atoms with E-state index in [1.807, 2.05) is 0 Å². The van der Waals surface area contributed by atoms with Crippen LogP contribution in [0.1, 0.15) is 44.9 Å². The zero-order chi connectivity index (χ0) is 13.7. The Morgan fingerprint density at radius 2 is 2.16 bits per heavy atom. The number of carbonyl (C=O) groups excluding carboxylic acids is 2. The second kappa shape index (κ2) is 6.89. The maximum absolute atomic E-state index is 11.8. The van der Waals surface area contributed by atoms with Gasteiger partial charge in [-0.1, -0.05) is 6.42 Å². The van der Waals surface area contributed by atoms with Gasteiger partial charge in [0, 0.05) is 19.5 Å². The summed E-state index contributed by atoms with van der Waals surface area (Å²) in [5.41, 5.74) is 0. The summed E-state index contributed by atoms with van der Waals surface area (Å²) in [7, 11) is 0. The molecule has 19 heavy (non-hydrogen) atoms. The average Bonchev–Trinajstić information content (AvgIpc) is 2.69. The van der Waals surface area contributed by atoms with Crippen LogP contribution in [0.5, 0.6) is 0 Å². The van der Waals surface area contributed by atoms with Crippen molar-refractivity contribution in [1.29, 1.82) is 0 Å². The molecule has 0 aromatic rings. The zero-order valence-electron chi connectivity index (χ0n) is 11.4. The maximum Gasteiger partial charge on any atom is 0.239 e. The van der Waals surface area contributed by atoms with Gasteiger partial charge < -0.3 is 15.3 Å². The third-order valence-electron chi connectivity index (χ3n) is 4.11. The minimum Gasteiger partial charge on any atom is -0.393 e. The lowest BCUT2D eigenvalue weighted by Gasteiger charge is -2.20. The summed E-state index contributed by atoms with van der Waals surface area (Å²) >= 11 is 0. The van der Waals surface area contributed by atoms with E-state index >= 15 is 0 Å². The fraction of sp³-hybridized carbons (Fsp3) is 0.857. The molecule has 5 nitrogen and oxygen atoms in total. The second-order valence-corrected chi connectivity index (χ2v) is 5.76. The van der Waals surface area contributed by atoms with E-state index in [0.29, 0.717) is 25.4 Å². The minimum absolute atomic E-state index is 0.0726. The number of likely N-dealkylation sites (tertiary alicyclic amines) is 1. The first-order chi connectivity index (χ1) is 9.15. The Labute approximate surface area is 114 Å². The van der Waals surface area contributed by atoms with E-state index in [0.717, 1.165) is 38.5 Å². The molecule has 0 bridgehead atoms. The van der Waals surface area contributed by atoms with Crippen LogP contribution in [0.2, 0.25) is 0 Å². The lowest BCUT2D eigenvalue weighted by Crippen LogP contribution is -2.41. The van der Waals surface area contributed by atoms with E-state index < -0.39 is 0 Å². The van der Waals surface area contributed by atoms with Crippen molar-refractivity contribution in [3.8, 4) is 0 Å². The van der Waals surface area contributed by atoms with Crippen LogP contribution in [-0.4, -0.2) is 47.6 Å². The van der Waals surface area contributed by atoms with Crippen molar-refractivity contribution in [2.75, 3.05) is 19.6 Å². The van der Waals surface area contributed by atoms with Crippen molar-refractivity contribution >= 4 is 11.8 Å². The molecule has 2 N–H and O–H groups in total. The maximum atomic E-state index is 11.8. The molecule has 0 spiro atoms. The predicted molar refractivity (Wildman–Crippen MR) is 71.4 cm³/mol. The molecular weight excluding hydrogens is 244 g/mol. The van der Waals surface area contributed by atoms with E-state index in [2.05, 4.69) is 5.32 Å². The molecule has 2 rings (SSSR count). The number of hydrogen-bond donors (Lipinski definition) is 2. The summed E-state index contributed by atoms with van der Waals surface area (Å²) in [5.74, 6) is 0.416.